The number of hydrogen-bond donors (Lipinski definition) is 2. The Morgan fingerprint density at radius 3 is 2.45 bits per heavy atom. The van der Waals surface area contributed by atoms with Crippen LogP contribution < -0.4 is 10.2 Å². The van der Waals surface area contributed by atoms with Crippen molar-refractivity contribution in [2.24, 2.45) is 0 Å². The molecule has 2 N–H and O–H groups in total. The molecule has 12 heteroatoms. The van der Waals surface area contributed by atoms with E-state index in [1.807, 2.05) is 12.1 Å². The van der Waals surface area contributed by atoms with Gasteiger partial charge in [0.15, 0.2) is 11.5 Å². The molecule has 0 saturated carbocycles. The first-order valence-corrected chi connectivity index (χ1v) is 10.9. The Kier molecular flexibility index (Phi) is 5.68. The lowest BCUT2D eigenvalue weighted by Crippen LogP contribution is -2.44. The molecule has 0 bridgehead atoms. The fourth-order valence-electron chi connectivity index (χ4n) is 3.65. The second kappa shape index (κ2) is 8.78. The van der Waals surface area contributed by atoms with Crippen molar-refractivity contribution in [3.8, 4) is 17.5 Å². The van der Waals surface area contributed by atoms with E-state index in [0.29, 0.717) is 49.8 Å². The molecular formula is C21H18Cl2N10. The lowest BCUT2D eigenvalue weighted by Gasteiger charge is -2.33. The largest absolute Gasteiger partial charge is 0.354 e. The van der Waals surface area contributed by atoms with Crippen LogP contribution in [0.25, 0.3) is 22.6 Å². The van der Waals surface area contributed by atoms with Crippen molar-refractivity contribution in [1.82, 2.24) is 34.8 Å². The van der Waals surface area contributed by atoms with Gasteiger partial charge in [-0.1, -0.05) is 23.2 Å². The number of anilines is 3. The van der Waals surface area contributed by atoms with E-state index < -0.39 is 0 Å². The smallest absolute Gasteiger partial charge is 0.183 e. The van der Waals surface area contributed by atoms with Gasteiger partial charge in [0.1, 0.15) is 35.6 Å². The summed E-state index contributed by atoms with van der Waals surface area (Å²) in [5.74, 6) is 2.38. The fraction of sp³-hybridized carbons (Fsp3) is 0.238. The molecule has 0 unspecified atom stereocenters. The van der Waals surface area contributed by atoms with Crippen LogP contribution >= 0.6 is 23.2 Å². The van der Waals surface area contributed by atoms with Crippen LogP contribution in [-0.4, -0.2) is 68.0 Å². The van der Waals surface area contributed by atoms with Crippen LogP contribution in [-0.2, 0) is 0 Å². The zero-order valence-corrected chi connectivity index (χ0v) is 19.1. The van der Waals surface area contributed by atoms with E-state index in [9.17, 15) is 0 Å². The van der Waals surface area contributed by atoms with Gasteiger partial charge in [-0.3, -0.25) is 0 Å². The average molecular weight is 481 g/mol. The molecule has 33 heavy (non-hydrogen) atoms. The van der Waals surface area contributed by atoms with Gasteiger partial charge >= 0.3 is 0 Å². The number of halogens is 2. The minimum Gasteiger partial charge on any atom is -0.354 e. The van der Waals surface area contributed by atoms with Crippen molar-refractivity contribution in [3.05, 3.63) is 46.5 Å². The van der Waals surface area contributed by atoms with Crippen LogP contribution in [0.4, 0.5) is 17.5 Å². The van der Waals surface area contributed by atoms with Crippen LogP contribution in [0, 0.1) is 11.3 Å². The lowest BCUT2D eigenvalue weighted by atomic mass is 10.1. The van der Waals surface area contributed by atoms with Gasteiger partial charge in [-0.25, -0.2) is 24.9 Å². The molecular weight excluding hydrogens is 463 g/mol. The van der Waals surface area contributed by atoms with Gasteiger partial charge in [-0.2, -0.15) is 5.26 Å². The second-order valence-electron chi connectivity index (χ2n) is 7.61. The van der Waals surface area contributed by atoms with Crippen LogP contribution in [0.1, 0.15) is 5.56 Å². The third-order valence-electron chi connectivity index (χ3n) is 5.42. The highest BCUT2D eigenvalue weighted by Crippen LogP contribution is 2.35. The fourth-order valence-corrected chi connectivity index (χ4v) is 4.32. The van der Waals surface area contributed by atoms with Gasteiger partial charge in [0, 0.05) is 32.2 Å². The predicted molar refractivity (Wildman–Crippen MR) is 127 cm³/mol. The van der Waals surface area contributed by atoms with E-state index in [-0.39, 0.29) is 0 Å². The first-order chi connectivity index (χ1) is 16.0. The van der Waals surface area contributed by atoms with Gasteiger partial charge in [0.05, 0.1) is 27.2 Å². The number of piperazine rings is 1. The van der Waals surface area contributed by atoms with E-state index in [2.05, 4.69) is 52.1 Å². The van der Waals surface area contributed by atoms with Crippen LogP contribution in [0.5, 0.6) is 0 Å². The second-order valence-corrected chi connectivity index (χ2v) is 8.42. The van der Waals surface area contributed by atoms with Gasteiger partial charge in [0.2, 0.25) is 0 Å². The average Bonchev–Trinajstić information content (AvgIpc) is 3.24. The Balaban J connectivity index is 1.47. The number of benzene rings is 1. The highest BCUT2D eigenvalue weighted by atomic mass is 35.5. The Hall–Kier alpha value is -3.52. The lowest BCUT2D eigenvalue weighted by molar-refractivity contribution is 0.312. The minimum absolute atomic E-state index is 0.313. The van der Waals surface area contributed by atoms with E-state index in [4.69, 9.17) is 28.5 Å². The molecule has 4 heterocycles. The number of nitrogens with zero attached hydrogens (tertiary/aromatic N) is 8. The summed E-state index contributed by atoms with van der Waals surface area (Å²) >= 11 is 12.7. The minimum atomic E-state index is 0.313. The molecule has 10 nitrogen and oxygen atoms in total. The molecule has 5 rings (SSSR count). The summed E-state index contributed by atoms with van der Waals surface area (Å²) < 4.78 is 0. The summed E-state index contributed by atoms with van der Waals surface area (Å²) in [6, 6.07) is 7.01. The SMILES string of the molecule is CN1CCN(c2cc(Nc3ncnc4nc(-c5c(Cl)cc(C#N)cc5Cl)[nH]c34)ncn2)CC1. The summed E-state index contributed by atoms with van der Waals surface area (Å²) in [6.45, 7) is 3.77. The van der Waals surface area contributed by atoms with Gasteiger partial charge in [-0.15, -0.1) is 0 Å². The molecule has 0 spiro atoms. The molecule has 3 aromatic heterocycles. The van der Waals surface area contributed by atoms with E-state index >= 15 is 0 Å². The summed E-state index contributed by atoms with van der Waals surface area (Å²) in [7, 11) is 2.11. The molecule has 4 aromatic rings. The quantitative estimate of drug-likeness (QED) is 0.451. The molecule has 1 fully saturated rings. The number of rotatable bonds is 4. The number of aromatic nitrogens is 6. The first kappa shape index (κ1) is 21.3. The Bertz CT molecular complexity index is 1350. The van der Waals surface area contributed by atoms with Crippen molar-refractivity contribution in [1.29, 1.82) is 5.26 Å². The number of nitriles is 1. The number of imidazole rings is 1. The maximum absolute atomic E-state index is 9.12. The zero-order chi connectivity index (χ0) is 22.9. The van der Waals surface area contributed by atoms with Crippen molar-refractivity contribution < 1.29 is 0 Å². The van der Waals surface area contributed by atoms with Gasteiger partial charge in [-0.05, 0) is 19.2 Å². The summed E-state index contributed by atoms with van der Waals surface area (Å²) in [5.41, 5.74) is 1.86. The monoisotopic (exact) mass is 480 g/mol. The molecule has 1 saturated heterocycles. The van der Waals surface area contributed by atoms with E-state index in [1.54, 1.807) is 12.1 Å². The summed E-state index contributed by atoms with van der Waals surface area (Å²) in [4.78, 5) is 29.6. The number of likely N-dealkylation sites (N-methyl/N-ethyl adjacent to an activating group) is 1. The Morgan fingerprint density at radius 2 is 1.73 bits per heavy atom. The van der Waals surface area contributed by atoms with E-state index in [0.717, 1.165) is 32.0 Å². The molecule has 0 atom stereocenters. The molecule has 0 amide bonds. The number of H-pyrrole nitrogens is 1. The van der Waals surface area contributed by atoms with Crippen molar-refractivity contribution in [2.75, 3.05) is 43.4 Å². The Labute approximate surface area is 199 Å². The molecule has 166 valence electrons. The normalized spacial score (nSPS) is 14.4. The van der Waals surface area contributed by atoms with Crippen molar-refractivity contribution >= 4 is 51.8 Å². The number of nitrogens with one attached hydrogen (secondary N) is 2. The maximum Gasteiger partial charge on any atom is 0.183 e. The molecule has 0 aliphatic carbocycles. The maximum atomic E-state index is 9.12. The Morgan fingerprint density at radius 1 is 1.00 bits per heavy atom. The van der Waals surface area contributed by atoms with Gasteiger partial charge in [0.25, 0.3) is 0 Å². The number of hydrogen-bond acceptors (Lipinski definition) is 9. The third kappa shape index (κ3) is 4.26. The number of fused-ring (bicyclic) bond motifs is 1. The van der Waals surface area contributed by atoms with Crippen LogP contribution in [0.2, 0.25) is 10.0 Å². The highest BCUT2D eigenvalue weighted by molar-refractivity contribution is 6.39. The predicted octanol–water partition coefficient (Wildman–Crippen LogP) is 3.48. The van der Waals surface area contributed by atoms with Crippen LogP contribution in [0.15, 0.2) is 30.9 Å². The summed E-state index contributed by atoms with van der Waals surface area (Å²) in [6.07, 6.45) is 2.95. The standard InChI is InChI=1S/C21H18Cl2N10/c1-32-2-4-33(5-3-32)16-8-15(25-10-26-16)29-20-18-21(28-11-27-20)31-19(30-18)17-13(22)6-12(9-24)7-14(17)23/h6-8,10-11H,2-5H2,1H3,(H2,25,26,27,28,29,30,31). The highest BCUT2D eigenvalue weighted by Gasteiger charge is 2.19. The van der Waals surface area contributed by atoms with Crippen LogP contribution in [0.3, 0.4) is 0 Å². The third-order valence-corrected chi connectivity index (χ3v) is 6.02. The first-order valence-electron chi connectivity index (χ1n) is 10.1. The molecule has 1 aliphatic heterocycles. The van der Waals surface area contributed by atoms with E-state index in [1.165, 1.54) is 12.7 Å². The molecule has 1 aromatic carbocycles. The van der Waals surface area contributed by atoms with Gasteiger partial charge < -0.3 is 20.1 Å². The topological polar surface area (TPSA) is 123 Å². The molecule has 0 radical (unpaired) electrons. The van der Waals surface area contributed by atoms with Crippen molar-refractivity contribution in [2.45, 2.75) is 0 Å². The summed E-state index contributed by atoms with van der Waals surface area (Å²) in [5, 5.41) is 13.0. The number of aromatic amines is 1. The zero-order valence-electron chi connectivity index (χ0n) is 17.5. The molecule has 1 aliphatic rings. The van der Waals surface area contributed by atoms with Crippen molar-refractivity contribution in [3.63, 3.8) is 0 Å².